The topological polar surface area (TPSA) is 41.6 Å². The zero-order valence-electron chi connectivity index (χ0n) is 10.1. The lowest BCUT2D eigenvalue weighted by Gasteiger charge is -2.37. The Kier molecular flexibility index (Phi) is 4.18. The van der Waals surface area contributed by atoms with E-state index in [-0.39, 0.29) is 12.0 Å². The molecule has 4 heteroatoms. The van der Waals surface area contributed by atoms with Crippen LogP contribution in [0.1, 0.15) is 32.1 Å². The first kappa shape index (κ1) is 11.9. The number of nitrogens with zero attached hydrogens (tertiary/aromatic N) is 1. The number of hydrogen-bond acceptors (Lipinski definition) is 3. The summed E-state index contributed by atoms with van der Waals surface area (Å²) >= 11 is 0. The zero-order valence-corrected chi connectivity index (χ0v) is 10.1. The molecule has 1 N–H and O–H groups in total. The molecule has 92 valence electrons. The Balaban J connectivity index is 1.95. The van der Waals surface area contributed by atoms with Gasteiger partial charge in [-0.1, -0.05) is 0 Å². The van der Waals surface area contributed by atoms with Gasteiger partial charge in [0, 0.05) is 25.7 Å². The van der Waals surface area contributed by atoms with E-state index in [1.807, 2.05) is 11.9 Å². The molecule has 1 unspecified atom stereocenters. The third-order valence-corrected chi connectivity index (χ3v) is 3.56. The molecule has 0 spiro atoms. The largest absolute Gasteiger partial charge is 0.368 e. The maximum atomic E-state index is 12.3. The van der Waals surface area contributed by atoms with Crippen LogP contribution in [0.4, 0.5) is 0 Å². The molecular formula is C12H22N2O2. The van der Waals surface area contributed by atoms with Gasteiger partial charge in [0.15, 0.2) is 0 Å². The summed E-state index contributed by atoms with van der Waals surface area (Å²) in [7, 11) is 1.95. The molecule has 0 aromatic rings. The second kappa shape index (κ2) is 5.64. The highest BCUT2D eigenvalue weighted by Gasteiger charge is 2.33. The number of hydrogen-bond donors (Lipinski definition) is 1. The van der Waals surface area contributed by atoms with Crippen molar-refractivity contribution < 1.29 is 9.53 Å². The molecule has 16 heavy (non-hydrogen) atoms. The van der Waals surface area contributed by atoms with E-state index in [1.165, 1.54) is 6.42 Å². The molecule has 2 aliphatic heterocycles. The molecule has 2 rings (SSSR count). The Labute approximate surface area is 97.3 Å². The highest BCUT2D eigenvalue weighted by molar-refractivity contribution is 5.81. The van der Waals surface area contributed by atoms with Crippen LogP contribution in [0.3, 0.4) is 0 Å². The van der Waals surface area contributed by atoms with Gasteiger partial charge in [-0.05, 0) is 39.2 Å². The quantitative estimate of drug-likeness (QED) is 0.772. The minimum atomic E-state index is -0.155. The average Bonchev–Trinajstić information content (AvgIpc) is 2.83. The summed E-state index contributed by atoms with van der Waals surface area (Å²) in [6.07, 6.45) is 5.28. The summed E-state index contributed by atoms with van der Waals surface area (Å²) in [5.74, 6) is 0.220. The molecule has 0 aromatic heterocycles. The summed E-state index contributed by atoms with van der Waals surface area (Å²) < 4.78 is 5.48. The van der Waals surface area contributed by atoms with E-state index in [0.717, 1.165) is 45.4 Å². The van der Waals surface area contributed by atoms with Crippen LogP contribution < -0.4 is 5.32 Å². The van der Waals surface area contributed by atoms with Crippen molar-refractivity contribution in [3.8, 4) is 0 Å². The lowest BCUT2D eigenvalue weighted by atomic mass is 10.0. The van der Waals surface area contributed by atoms with Gasteiger partial charge in [0.25, 0.3) is 5.91 Å². The van der Waals surface area contributed by atoms with Gasteiger partial charge in [-0.25, -0.2) is 0 Å². The van der Waals surface area contributed by atoms with Crippen LogP contribution in [0.25, 0.3) is 0 Å². The van der Waals surface area contributed by atoms with Gasteiger partial charge in [0.05, 0.1) is 0 Å². The van der Waals surface area contributed by atoms with Crippen LogP contribution in [-0.4, -0.2) is 49.7 Å². The lowest BCUT2D eigenvalue weighted by molar-refractivity contribution is -0.144. The Bertz CT molecular complexity index is 237. The number of carbonyl (C=O) groups is 1. The summed E-state index contributed by atoms with van der Waals surface area (Å²) in [6.45, 7) is 2.56. The van der Waals surface area contributed by atoms with Crippen LogP contribution in [0, 0.1) is 0 Å². The number of carbonyl (C=O) groups excluding carboxylic acids is 1. The normalized spacial score (nSPS) is 30.7. The molecule has 2 atom stereocenters. The van der Waals surface area contributed by atoms with E-state index < -0.39 is 0 Å². The first-order valence-electron chi connectivity index (χ1n) is 6.39. The Morgan fingerprint density at radius 2 is 2.25 bits per heavy atom. The van der Waals surface area contributed by atoms with Crippen molar-refractivity contribution in [1.29, 1.82) is 0 Å². The van der Waals surface area contributed by atoms with Gasteiger partial charge in [0.1, 0.15) is 6.10 Å². The maximum Gasteiger partial charge on any atom is 0.251 e. The highest BCUT2D eigenvalue weighted by atomic mass is 16.5. The number of likely N-dealkylation sites (tertiary alicyclic amines) is 1. The third kappa shape index (κ3) is 2.55. The molecular weight excluding hydrogens is 204 g/mol. The first-order chi connectivity index (χ1) is 7.83. The van der Waals surface area contributed by atoms with E-state index in [4.69, 9.17) is 4.74 Å². The summed E-state index contributed by atoms with van der Waals surface area (Å²) in [4.78, 5) is 14.3. The SMILES string of the molecule is CNCC1CCCCN1C(=O)[C@H]1CCCO1. The first-order valence-corrected chi connectivity index (χ1v) is 6.39. The number of amides is 1. The van der Waals surface area contributed by atoms with Crippen LogP contribution >= 0.6 is 0 Å². The smallest absolute Gasteiger partial charge is 0.251 e. The number of likely N-dealkylation sites (N-methyl/N-ethyl adjacent to an activating group) is 1. The van der Waals surface area contributed by atoms with Gasteiger partial charge in [-0.3, -0.25) is 4.79 Å². The number of nitrogens with one attached hydrogen (secondary N) is 1. The number of piperidine rings is 1. The van der Waals surface area contributed by atoms with Gasteiger partial charge >= 0.3 is 0 Å². The molecule has 4 nitrogen and oxygen atoms in total. The van der Waals surface area contributed by atoms with Crippen molar-refractivity contribution in [2.75, 3.05) is 26.7 Å². The van der Waals surface area contributed by atoms with Crippen LogP contribution in [-0.2, 0) is 9.53 Å². The third-order valence-electron chi connectivity index (χ3n) is 3.56. The summed E-state index contributed by atoms with van der Waals surface area (Å²) in [6, 6.07) is 0.371. The van der Waals surface area contributed by atoms with E-state index in [2.05, 4.69) is 5.32 Å². The fourth-order valence-electron chi connectivity index (χ4n) is 2.70. The molecule has 0 bridgehead atoms. The summed E-state index contributed by atoms with van der Waals surface area (Å²) in [5.41, 5.74) is 0. The Hall–Kier alpha value is -0.610. The molecule has 2 fully saturated rings. The number of rotatable bonds is 3. The van der Waals surface area contributed by atoms with Crippen molar-refractivity contribution in [3.05, 3.63) is 0 Å². The highest BCUT2D eigenvalue weighted by Crippen LogP contribution is 2.21. The molecule has 0 aromatic carbocycles. The molecule has 1 amide bonds. The fraction of sp³-hybridized carbons (Fsp3) is 0.917. The minimum absolute atomic E-state index is 0.155. The second-order valence-electron chi connectivity index (χ2n) is 4.74. The Morgan fingerprint density at radius 1 is 1.38 bits per heavy atom. The van der Waals surface area contributed by atoms with Crippen molar-refractivity contribution in [3.63, 3.8) is 0 Å². The predicted octanol–water partition coefficient (Wildman–Crippen LogP) is 0.766. The van der Waals surface area contributed by atoms with Gasteiger partial charge in [-0.15, -0.1) is 0 Å². The van der Waals surface area contributed by atoms with Crippen LogP contribution in [0.2, 0.25) is 0 Å². The minimum Gasteiger partial charge on any atom is -0.368 e. The molecule has 2 aliphatic rings. The van der Waals surface area contributed by atoms with Crippen LogP contribution in [0.5, 0.6) is 0 Å². The molecule has 2 heterocycles. The van der Waals surface area contributed by atoms with Gasteiger partial charge in [0.2, 0.25) is 0 Å². The number of ether oxygens (including phenoxy) is 1. The average molecular weight is 226 g/mol. The monoisotopic (exact) mass is 226 g/mol. The van der Waals surface area contributed by atoms with Crippen molar-refractivity contribution in [2.45, 2.75) is 44.2 Å². The summed E-state index contributed by atoms with van der Waals surface area (Å²) in [5, 5.41) is 3.18. The molecule has 0 radical (unpaired) electrons. The van der Waals surface area contributed by atoms with Crippen molar-refractivity contribution in [2.24, 2.45) is 0 Å². The zero-order chi connectivity index (χ0) is 11.4. The second-order valence-corrected chi connectivity index (χ2v) is 4.74. The van der Waals surface area contributed by atoms with Crippen molar-refractivity contribution >= 4 is 5.91 Å². The van der Waals surface area contributed by atoms with E-state index >= 15 is 0 Å². The Morgan fingerprint density at radius 3 is 2.94 bits per heavy atom. The van der Waals surface area contributed by atoms with E-state index in [1.54, 1.807) is 0 Å². The van der Waals surface area contributed by atoms with Gasteiger partial charge < -0.3 is 15.0 Å². The van der Waals surface area contributed by atoms with E-state index in [9.17, 15) is 4.79 Å². The molecule has 2 saturated heterocycles. The fourth-order valence-corrected chi connectivity index (χ4v) is 2.70. The molecule has 0 saturated carbocycles. The predicted molar refractivity (Wildman–Crippen MR) is 62.3 cm³/mol. The van der Waals surface area contributed by atoms with E-state index in [0.29, 0.717) is 6.04 Å². The van der Waals surface area contributed by atoms with Crippen molar-refractivity contribution in [1.82, 2.24) is 10.2 Å². The standard InChI is InChI=1S/C12H22N2O2/c1-13-9-10-5-2-3-7-14(10)12(15)11-6-4-8-16-11/h10-11,13H,2-9H2,1H3/t10?,11-/m1/s1. The van der Waals surface area contributed by atoms with Gasteiger partial charge in [-0.2, -0.15) is 0 Å². The maximum absolute atomic E-state index is 12.3. The van der Waals surface area contributed by atoms with Crippen LogP contribution in [0.15, 0.2) is 0 Å². The lowest BCUT2D eigenvalue weighted by Crippen LogP contribution is -2.51. The molecule has 0 aliphatic carbocycles.